The van der Waals surface area contributed by atoms with Gasteiger partial charge in [-0.05, 0) is 44.0 Å². The summed E-state index contributed by atoms with van der Waals surface area (Å²) in [7, 11) is 1.80. The van der Waals surface area contributed by atoms with Gasteiger partial charge in [0.1, 0.15) is 11.6 Å². The first-order valence-corrected chi connectivity index (χ1v) is 7.49. The van der Waals surface area contributed by atoms with Gasteiger partial charge in [0, 0.05) is 25.2 Å². The normalized spacial score (nSPS) is 14.0. The molecule has 1 fully saturated rings. The first-order chi connectivity index (χ1) is 10.1. The van der Waals surface area contributed by atoms with E-state index in [9.17, 15) is 9.18 Å². The van der Waals surface area contributed by atoms with Crippen LogP contribution >= 0.6 is 0 Å². The van der Waals surface area contributed by atoms with E-state index in [2.05, 4.69) is 12.2 Å². The third-order valence-electron chi connectivity index (χ3n) is 3.60. The van der Waals surface area contributed by atoms with Crippen molar-refractivity contribution in [1.29, 1.82) is 0 Å². The fourth-order valence-electron chi connectivity index (χ4n) is 2.13. The van der Waals surface area contributed by atoms with Gasteiger partial charge in [-0.3, -0.25) is 4.79 Å². The van der Waals surface area contributed by atoms with Crippen molar-refractivity contribution in [3.05, 3.63) is 29.6 Å². The van der Waals surface area contributed by atoms with Crippen LogP contribution in [0.3, 0.4) is 0 Å². The van der Waals surface area contributed by atoms with Crippen LogP contribution in [0.25, 0.3) is 0 Å². The smallest absolute Gasteiger partial charge is 0.260 e. The molecule has 0 bridgehead atoms. The monoisotopic (exact) mass is 294 g/mol. The van der Waals surface area contributed by atoms with Crippen molar-refractivity contribution in [3.63, 3.8) is 0 Å². The zero-order valence-electron chi connectivity index (χ0n) is 12.7. The maximum absolute atomic E-state index is 13.3. The zero-order chi connectivity index (χ0) is 15.2. The molecule has 0 radical (unpaired) electrons. The molecule has 0 aliphatic heterocycles. The number of ether oxygens (including phenoxy) is 1. The minimum Gasteiger partial charge on any atom is -0.483 e. The molecule has 21 heavy (non-hydrogen) atoms. The summed E-state index contributed by atoms with van der Waals surface area (Å²) < 4.78 is 18.9. The molecule has 2 rings (SSSR count). The van der Waals surface area contributed by atoms with Crippen molar-refractivity contribution in [2.45, 2.75) is 38.8 Å². The summed E-state index contributed by atoms with van der Waals surface area (Å²) in [6.45, 7) is 3.47. The Bertz CT molecular complexity index is 489. The van der Waals surface area contributed by atoms with Crippen LogP contribution in [0.5, 0.6) is 5.75 Å². The van der Waals surface area contributed by atoms with E-state index in [-0.39, 0.29) is 18.3 Å². The van der Waals surface area contributed by atoms with Gasteiger partial charge in [0.25, 0.3) is 5.91 Å². The van der Waals surface area contributed by atoms with E-state index in [4.69, 9.17) is 4.74 Å². The van der Waals surface area contributed by atoms with Gasteiger partial charge in [-0.2, -0.15) is 0 Å². The fraction of sp³-hybridized carbons (Fsp3) is 0.562. The van der Waals surface area contributed by atoms with Gasteiger partial charge in [-0.25, -0.2) is 4.39 Å². The average molecular weight is 294 g/mol. The van der Waals surface area contributed by atoms with Crippen molar-refractivity contribution in [3.8, 4) is 5.75 Å². The molecule has 1 N–H and O–H groups in total. The molecule has 0 aromatic heterocycles. The van der Waals surface area contributed by atoms with E-state index in [1.54, 1.807) is 18.0 Å². The maximum Gasteiger partial charge on any atom is 0.260 e. The van der Waals surface area contributed by atoms with E-state index in [1.807, 2.05) is 0 Å². The van der Waals surface area contributed by atoms with Crippen LogP contribution in [-0.4, -0.2) is 37.0 Å². The molecular weight excluding hydrogens is 271 g/mol. The number of amides is 1. The molecular formula is C16H23FN2O2. The number of nitrogens with one attached hydrogen (secondary N) is 1. The number of benzene rings is 1. The molecule has 0 heterocycles. The maximum atomic E-state index is 13.3. The first-order valence-electron chi connectivity index (χ1n) is 7.49. The number of likely N-dealkylation sites (N-methyl/N-ethyl adjacent to an activating group) is 1. The molecule has 1 aliphatic carbocycles. The lowest BCUT2D eigenvalue weighted by Gasteiger charge is -2.17. The second-order valence-corrected chi connectivity index (χ2v) is 5.45. The highest BCUT2D eigenvalue weighted by molar-refractivity contribution is 5.78. The number of hydrogen-bond acceptors (Lipinski definition) is 3. The lowest BCUT2D eigenvalue weighted by molar-refractivity contribution is -0.132. The van der Waals surface area contributed by atoms with Crippen molar-refractivity contribution in [2.75, 3.05) is 20.2 Å². The molecule has 0 saturated heterocycles. The number of nitrogens with zero attached hydrogens (tertiary/aromatic N) is 1. The lowest BCUT2D eigenvalue weighted by Crippen LogP contribution is -2.33. The summed E-state index contributed by atoms with van der Waals surface area (Å²) in [5.41, 5.74) is 0.741. The fourth-order valence-corrected chi connectivity index (χ4v) is 2.13. The van der Waals surface area contributed by atoms with Gasteiger partial charge >= 0.3 is 0 Å². The van der Waals surface area contributed by atoms with E-state index < -0.39 is 0 Å². The summed E-state index contributed by atoms with van der Waals surface area (Å²) in [5.74, 6) is 0.240. The van der Waals surface area contributed by atoms with Crippen LogP contribution < -0.4 is 10.1 Å². The number of hydrogen-bond donors (Lipinski definition) is 1. The van der Waals surface area contributed by atoms with Gasteiger partial charge in [-0.1, -0.05) is 6.92 Å². The Kier molecular flexibility index (Phi) is 5.56. The minimum absolute atomic E-state index is 0.000585. The molecule has 0 spiro atoms. The molecule has 116 valence electrons. The summed E-state index contributed by atoms with van der Waals surface area (Å²) >= 11 is 0. The molecule has 0 atom stereocenters. The van der Waals surface area contributed by atoms with Gasteiger partial charge in [0.15, 0.2) is 6.61 Å². The van der Waals surface area contributed by atoms with Crippen molar-refractivity contribution in [1.82, 2.24) is 10.2 Å². The molecule has 4 nitrogen and oxygen atoms in total. The predicted molar refractivity (Wildman–Crippen MR) is 79.7 cm³/mol. The first kappa shape index (κ1) is 15.8. The van der Waals surface area contributed by atoms with Gasteiger partial charge in [0.05, 0.1) is 0 Å². The topological polar surface area (TPSA) is 41.6 Å². The van der Waals surface area contributed by atoms with Crippen molar-refractivity contribution >= 4 is 5.91 Å². The van der Waals surface area contributed by atoms with Gasteiger partial charge in [0.2, 0.25) is 0 Å². The molecule has 1 aliphatic rings. The summed E-state index contributed by atoms with van der Waals surface area (Å²) in [6, 6.07) is 4.77. The SMILES string of the molecule is CCCNCc1cc(F)ccc1OCC(=O)N(C)C1CC1. The number of halogens is 1. The zero-order valence-corrected chi connectivity index (χ0v) is 12.7. The second-order valence-electron chi connectivity index (χ2n) is 5.45. The lowest BCUT2D eigenvalue weighted by atomic mass is 10.2. The second kappa shape index (κ2) is 7.41. The van der Waals surface area contributed by atoms with Crippen LogP contribution in [0.1, 0.15) is 31.7 Å². The Hall–Kier alpha value is -1.62. The Balaban J connectivity index is 1.92. The summed E-state index contributed by atoms with van der Waals surface area (Å²) in [6.07, 6.45) is 3.16. The largest absolute Gasteiger partial charge is 0.483 e. The van der Waals surface area contributed by atoms with Crippen LogP contribution in [0.4, 0.5) is 4.39 Å². The van der Waals surface area contributed by atoms with Crippen LogP contribution in [0.15, 0.2) is 18.2 Å². The highest BCUT2D eigenvalue weighted by atomic mass is 19.1. The van der Waals surface area contributed by atoms with Gasteiger partial charge in [-0.15, -0.1) is 0 Å². The Morgan fingerprint density at radius 1 is 1.48 bits per heavy atom. The predicted octanol–water partition coefficient (Wildman–Crippen LogP) is 2.32. The number of carbonyl (C=O) groups is 1. The van der Waals surface area contributed by atoms with E-state index in [0.717, 1.165) is 31.4 Å². The third kappa shape index (κ3) is 4.70. The van der Waals surface area contributed by atoms with E-state index >= 15 is 0 Å². The van der Waals surface area contributed by atoms with Crippen molar-refractivity contribution in [2.24, 2.45) is 0 Å². The molecule has 1 aromatic rings. The van der Waals surface area contributed by atoms with Gasteiger partial charge < -0.3 is 15.0 Å². The summed E-state index contributed by atoms with van der Waals surface area (Å²) in [5, 5.41) is 3.22. The van der Waals surface area contributed by atoms with Crippen LogP contribution in [0, 0.1) is 5.82 Å². The molecule has 0 unspecified atom stereocenters. The van der Waals surface area contributed by atoms with E-state index in [0.29, 0.717) is 18.3 Å². The molecule has 1 saturated carbocycles. The minimum atomic E-state index is -0.294. The Morgan fingerprint density at radius 3 is 2.90 bits per heavy atom. The highest BCUT2D eigenvalue weighted by Crippen LogP contribution is 2.25. The standard InChI is InChI=1S/C16H23FN2O2/c1-3-8-18-10-12-9-13(17)4-7-15(12)21-11-16(20)19(2)14-5-6-14/h4,7,9,14,18H,3,5-6,8,10-11H2,1-2H3. The average Bonchev–Trinajstić information content (AvgIpc) is 3.30. The van der Waals surface area contributed by atoms with Crippen LogP contribution in [0.2, 0.25) is 0 Å². The number of carbonyl (C=O) groups excluding carboxylic acids is 1. The summed E-state index contributed by atoms with van der Waals surface area (Å²) in [4.78, 5) is 13.7. The highest BCUT2D eigenvalue weighted by Gasteiger charge is 2.29. The third-order valence-corrected chi connectivity index (χ3v) is 3.60. The van der Waals surface area contributed by atoms with Crippen molar-refractivity contribution < 1.29 is 13.9 Å². The Morgan fingerprint density at radius 2 is 2.24 bits per heavy atom. The molecule has 1 aromatic carbocycles. The molecule has 5 heteroatoms. The van der Waals surface area contributed by atoms with E-state index in [1.165, 1.54) is 12.1 Å². The molecule has 1 amide bonds. The Labute approximate surface area is 125 Å². The quantitative estimate of drug-likeness (QED) is 0.748. The van der Waals surface area contributed by atoms with Crippen LogP contribution in [-0.2, 0) is 11.3 Å². The number of rotatable bonds is 8.